The molecule has 11 heavy (non-hydrogen) atoms. The van der Waals surface area contributed by atoms with Gasteiger partial charge in [-0.1, -0.05) is 0 Å². The number of rotatable bonds is 2. The Morgan fingerprint density at radius 2 is 2.36 bits per heavy atom. The number of nitrogens with one attached hydrogen (secondary N) is 1. The molecule has 1 heterocycles. The summed E-state index contributed by atoms with van der Waals surface area (Å²) < 4.78 is 30.8. The second-order valence-corrected chi connectivity index (χ2v) is 3.85. The zero-order valence-corrected chi connectivity index (χ0v) is 7.24. The van der Waals surface area contributed by atoms with Gasteiger partial charge in [-0.05, 0) is 6.92 Å². The van der Waals surface area contributed by atoms with Crippen LogP contribution in [-0.4, -0.2) is 18.0 Å². The molecule has 0 fully saturated rings. The molecule has 0 saturated carbocycles. The number of hydrogen-bond donors (Lipinski definition) is 2. The van der Waals surface area contributed by atoms with Crippen molar-refractivity contribution in [2.45, 2.75) is 6.92 Å². The van der Waals surface area contributed by atoms with Crippen molar-refractivity contribution in [1.29, 1.82) is 0 Å². The van der Waals surface area contributed by atoms with Gasteiger partial charge < -0.3 is 0 Å². The molecule has 0 unspecified atom stereocenters. The van der Waals surface area contributed by atoms with Crippen LogP contribution in [0.2, 0.25) is 0 Å². The summed E-state index contributed by atoms with van der Waals surface area (Å²) in [5.41, 5.74) is 2.04. The van der Waals surface area contributed by atoms with Gasteiger partial charge in [0, 0.05) is 0 Å². The Labute approximate surface area is 68.0 Å². The summed E-state index contributed by atoms with van der Waals surface area (Å²) in [6.45, 7) is 1.64. The Morgan fingerprint density at radius 1 is 1.73 bits per heavy atom. The van der Waals surface area contributed by atoms with Gasteiger partial charge in [0.2, 0.25) is 0 Å². The summed E-state index contributed by atoms with van der Waals surface area (Å²) in [6.07, 6.45) is 0. The second-order valence-electron chi connectivity index (χ2n) is 1.84. The highest BCUT2D eigenvalue weighted by Crippen LogP contribution is 2.19. The van der Waals surface area contributed by atoms with E-state index in [1.54, 1.807) is 6.92 Å². The highest BCUT2D eigenvalue weighted by atomic mass is 32.2. The highest BCUT2D eigenvalue weighted by molar-refractivity contribution is 7.87. The van der Waals surface area contributed by atoms with Gasteiger partial charge in [-0.3, -0.25) is 9.27 Å². The van der Waals surface area contributed by atoms with E-state index in [4.69, 9.17) is 4.55 Å². The molecule has 1 aromatic rings. The van der Waals surface area contributed by atoms with Crippen molar-refractivity contribution in [3.05, 3.63) is 11.2 Å². The van der Waals surface area contributed by atoms with Crippen LogP contribution in [0.4, 0.5) is 5.00 Å². The molecule has 0 aliphatic heterocycles. The molecule has 0 atom stereocenters. The summed E-state index contributed by atoms with van der Waals surface area (Å²) in [7, 11) is -4.15. The Hall–Kier alpha value is -0.660. The van der Waals surface area contributed by atoms with E-state index < -0.39 is 10.3 Å². The molecule has 0 spiro atoms. The van der Waals surface area contributed by atoms with E-state index in [0.29, 0.717) is 10.7 Å². The lowest BCUT2D eigenvalue weighted by atomic mass is 10.5. The molecule has 62 valence electrons. The van der Waals surface area contributed by atoms with Gasteiger partial charge in [-0.25, -0.2) is 4.98 Å². The van der Waals surface area contributed by atoms with Crippen LogP contribution in [0, 0.1) is 6.92 Å². The lowest BCUT2D eigenvalue weighted by Gasteiger charge is -1.97. The molecule has 0 aliphatic rings. The molecule has 0 aromatic carbocycles. The van der Waals surface area contributed by atoms with Gasteiger partial charge in [0.25, 0.3) is 0 Å². The maximum Gasteiger partial charge on any atom is 0.358 e. The molecular weight excluding hydrogens is 188 g/mol. The average molecular weight is 194 g/mol. The molecule has 0 aliphatic carbocycles. The van der Waals surface area contributed by atoms with Gasteiger partial charge in [0.15, 0.2) is 0 Å². The fourth-order valence-electron chi connectivity index (χ4n) is 0.517. The Balaban J connectivity index is 2.89. The van der Waals surface area contributed by atoms with Crippen LogP contribution in [-0.2, 0) is 10.3 Å². The van der Waals surface area contributed by atoms with Crippen molar-refractivity contribution < 1.29 is 13.0 Å². The number of thiazole rings is 1. The normalized spacial score (nSPS) is 11.5. The first-order valence-corrected chi connectivity index (χ1v) is 4.96. The first-order chi connectivity index (χ1) is 4.99. The minimum absolute atomic E-state index is 0.340. The molecule has 0 saturated heterocycles. The number of hydrogen-bond acceptors (Lipinski definition) is 4. The molecule has 2 N–H and O–H groups in total. The number of aromatic nitrogens is 1. The van der Waals surface area contributed by atoms with E-state index in [-0.39, 0.29) is 0 Å². The molecule has 1 aromatic heterocycles. The fourth-order valence-corrected chi connectivity index (χ4v) is 1.95. The monoisotopic (exact) mass is 194 g/mol. The van der Waals surface area contributed by atoms with Crippen molar-refractivity contribution in [3.8, 4) is 0 Å². The summed E-state index contributed by atoms with van der Waals surface area (Å²) in [5, 5.41) is 0.340. The van der Waals surface area contributed by atoms with Gasteiger partial charge in [-0.2, -0.15) is 8.42 Å². The highest BCUT2D eigenvalue weighted by Gasteiger charge is 2.07. The van der Waals surface area contributed by atoms with E-state index >= 15 is 0 Å². The number of nitrogens with zero attached hydrogens (tertiary/aromatic N) is 1. The van der Waals surface area contributed by atoms with Crippen LogP contribution >= 0.6 is 11.3 Å². The second kappa shape index (κ2) is 2.76. The SMILES string of the molecule is Cc1ncsc1NS(=O)(=O)O. The maximum atomic E-state index is 10.3. The van der Waals surface area contributed by atoms with Crippen LogP contribution in [0.3, 0.4) is 0 Å². The average Bonchev–Trinajstić information content (AvgIpc) is 2.12. The minimum Gasteiger partial charge on any atom is -0.269 e. The third-order valence-electron chi connectivity index (χ3n) is 0.967. The first-order valence-electron chi connectivity index (χ1n) is 2.64. The summed E-state index contributed by atoms with van der Waals surface area (Å²) in [5.74, 6) is 0. The van der Waals surface area contributed by atoms with Crippen LogP contribution in [0.1, 0.15) is 5.69 Å². The van der Waals surface area contributed by atoms with Crippen LogP contribution in [0.25, 0.3) is 0 Å². The molecule has 1 rings (SSSR count). The maximum absolute atomic E-state index is 10.3. The van der Waals surface area contributed by atoms with Crippen molar-refractivity contribution in [2.24, 2.45) is 0 Å². The van der Waals surface area contributed by atoms with Crippen molar-refractivity contribution in [2.75, 3.05) is 4.72 Å². The zero-order chi connectivity index (χ0) is 8.48. The molecule has 0 amide bonds. The van der Waals surface area contributed by atoms with Crippen molar-refractivity contribution in [3.63, 3.8) is 0 Å². The summed E-state index contributed by atoms with van der Waals surface area (Å²) in [4.78, 5) is 3.78. The topological polar surface area (TPSA) is 79.3 Å². The minimum atomic E-state index is -4.15. The Kier molecular flexibility index (Phi) is 2.12. The Bertz CT molecular complexity index is 342. The fraction of sp³-hybridized carbons (Fsp3) is 0.250. The van der Waals surface area contributed by atoms with Gasteiger partial charge in [0.05, 0.1) is 11.2 Å². The predicted molar refractivity (Wildman–Crippen MR) is 42.0 cm³/mol. The molecular formula is C4H6N2O3S2. The van der Waals surface area contributed by atoms with Crippen molar-refractivity contribution in [1.82, 2.24) is 4.98 Å². The van der Waals surface area contributed by atoms with Crippen LogP contribution in [0.5, 0.6) is 0 Å². The molecule has 0 radical (unpaired) electrons. The first kappa shape index (κ1) is 8.44. The molecule has 5 nitrogen and oxygen atoms in total. The smallest absolute Gasteiger partial charge is 0.269 e. The van der Waals surface area contributed by atoms with E-state index in [2.05, 4.69) is 4.98 Å². The predicted octanol–water partition coefficient (Wildman–Crippen LogP) is 0.666. The third-order valence-corrected chi connectivity index (χ3v) is 2.40. The summed E-state index contributed by atoms with van der Waals surface area (Å²) in [6, 6.07) is 0. The van der Waals surface area contributed by atoms with Crippen molar-refractivity contribution >= 4 is 26.6 Å². The van der Waals surface area contributed by atoms with Crippen LogP contribution < -0.4 is 4.72 Å². The molecule has 0 bridgehead atoms. The lowest BCUT2D eigenvalue weighted by Crippen LogP contribution is -2.09. The zero-order valence-electron chi connectivity index (χ0n) is 5.60. The third kappa shape index (κ3) is 2.45. The van der Waals surface area contributed by atoms with Gasteiger partial charge in [-0.15, -0.1) is 11.3 Å². The Morgan fingerprint density at radius 3 is 2.73 bits per heavy atom. The van der Waals surface area contributed by atoms with E-state index in [1.807, 2.05) is 4.72 Å². The number of aryl methyl sites for hydroxylation is 1. The van der Waals surface area contributed by atoms with E-state index in [1.165, 1.54) is 5.51 Å². The summed E-state index contributed by atoms with van der Waals surface area (Å²) >= 11 is 1.12. The van der Waals surface area contributed by atoms with Crippen LogP contribution in [0.15, 0.2) is 5.51 Å². The number of anilines is 1. The van der Waals surface area contributed by atoms with E-state index in [0.717, 1.165) is 11.3 Å². The standard InChI is InChI=1S/C4H6N2O3S2/c1-3-4(10-2-5-3)6-11(7,8)9/h2,6H,1H3,(H,7,8,9). The molecule has 7 heteroatoms. The largest absolute Gasteiger partial charge is 0.358 e. The van der Waals surface area contributed by atoms with Gasteiger partial charge in [0.1, 0.15) is 5.00 Å². The van der Waals surface area contributed by atoms with E-state index in [9.17, 15) is 8.42 Å². The van der Waals surface area contributed by atoms with Gasteiger partial charge >= 0.3 is 10.3 Å². The lowest BCUT2D eigenvalue weighted by molar-refractivity contribution is 0.490. The quantitative estimate of drug-likeness (QED) is 0.678.